The molecule has 2 aromatic rings. The second kappa shape index (κ2) is 11.0. The summed E-state index contributed by atoms with van der Waals surface area (Å²) in [5.41, 5.74) is -0.653. The second-order valence-corrected chi connectivity index (χ2v) is 8.42. The number of aliphatic hydroxyl groups is 1. The van der Waals surface area contributed by atoms with Crippen LogP contribution in [0, 0.1) is 5.82 Å². The van der Waals surface area contributed by atoms with Gasteiger partial charge in [-0.2, -0.15) is 26.3 Å². The third-order valence-electron chi connectivity index (χ3n) is 5.59. The molecule has 0 aliphatic carbocycles. The molecule has 0 bridgehead atoms. The lowest BCUT2D eigenvalue weighted by atomic mass is 9.98. The largest absolute Gasteiger partial charge is 0.420 e. The normalized spacial score (nSPS) is 18.7. The monoisotopic (exact) mass is 549 g/mol. The smallest absolute Gasteiger partial charge is 0.409 e. The van der Waals surface area contributed by atoms with Crippen molar-refractivity contribution in [1.29, 1.82) is 0 Å². The van der Waals surface area contributed by atoms with E-state index in [4.69, 9.17) is 15.2 Å². The predicted octanol–water partition coefficient (Wildman–Crippen LogP) is 5.02. The summed E-state index contributed by atoms with van der Waals surface area (Å²) in [4.78, 5) is 17.4. The van der Waals surface area contributed by atoms with E-state index in [0.29, 0.717) is 12.3 Å². The molecule has 0 radical (unpaired) electrons. The van der Waals surface area contributed by atoms with Gasteiger partial charge in [0.1, 0.15) is 11.4 Å². The van der Waals surface area contributed by atoms with E-state index in [1.165, 1.54) is 0 Å². The Morgan fingerprint density at radius 1 is 1.18 bits per heavy atom. The SMILES string of the molecule is CN(C(=O)Oc1c(/C(C=NCC2(O)CCOC2)=C/N)cc(C(F)(F)F)cc1C(F)(F)F)c1ccc(F)cc1. The Labute approximate surface area is 212 Å². The molecule has 1 aliphatic heterocycles. The highest BCUT2D eigenvalue weighted by Gasteiger charge is 2.41. The molecule has 1 atom stereocenters. The molecule has 1 aliphatic rings. The first kappa shape index (κ1) is 28.9. The highest BCUT2D eigenvalue weighted by molar-refractivity contribution is 6.11. The lowest BCUT2D eigenvalue weighted by Gasteiger charge is -2.22. The van der Waals surface area contributed by atoms with E-state index in [1.807, 2.05) is 0 Å². The van der Waals surface area contributed by atoms with Crippen LogP contribution in [0.5, 0.6) is 5.75 Å². The minimum absolute atomic E-state index is 0.0293. The number of nitrogens with zero attached hydrogens (tertiary/aromatic N) is 2. The minimum atomic E-state index is -5.38. The van der Waals surface area contributed by atoms with E-state index >= 15 is 0 Å². The molecule has 14 heteroatoms. The van der Waals surface area contributed by atoms with Crippen molar-refractivity contribution in [3.8, 4) is 5.75 Å². The third-order valence-corrected chi connectivity index (χ3v) is 5.59. The molecule has 1 amide bonds. The average molecular weight is 549 g/mol. The maximum Gasteiger partial charge on any atom is 0.420 e. The van der Waals surface area contributed by atoms with Crippen LogP contribution in [0.25, 0.3) is 5.57 Å². The van der Waals surface area contributed by atoms with Gasteiger partial charge in [-0.1, -0.05) is 0 Å². The number of anilines is 1. The van der Waals surface area contributed by atoms with Crippen LogP contribution in [0.15, 0.2) is 47.6 Å². The molecule has 7 nitrogen and oxygen atoms in total. The Morgan fingerprint density at radius 2 is 1.84 bits per heavy atom. The summed E-state index contributed by atoms with van der Waals surface area (Å²) in [5.74, 6) is -1.90. The highest BCUT2D eigenvalue weighted by atomic mass is 19.4. The van der Waals surface area contributed by atoms with Gasteiger partial charge in [0.05, 0.1) is 24.3 Å². The van der Waals surface area contributed by atoms with Crippen molar-refractivity contribution in [3.63, 3.8) is 0 Å². The number of aliphatic imine (C=N–C) groups is 1. The van der Waals surface area contributed by atoms with Crippen molar-refractivity contribution in [3.05, 3.63) is 65.1 Å². The summed E-state index contributed by atoms with van der Waals surface area (Å²) in [6.07, 6.45) is -10.2. The first-order chi connectivity index (χ1) is 17.6. The number of nitrogens with two attached hydrogens (primary N) is 1. The molecule has 0 saturated carbocycles. The molecule has 3 N–H and O–H groups in total. The number of benzene rings is 2. The van der Waals surface area contributed by atoms with Crippen molar-refractivity contribution in [1.82, 2.24) is 0 Å². The number of alkyl halides is 6. The number of allylic oxidation sites excluding steroid dienone is 1. The van der Waals surface area contributed by atoms with Crippen LogP contribution in [0.1, 0.15) is 23.1 Å². The van der Waals surface area contributed by atoms with Gasteiger partial charge in [-0.05, 0) is 36.4 Å². The topological polar surface area (TPSA) is 97.4 Å². The summed E-state index contributed by atoms with van der Waals surface area (Å²) in [6, 6.07) is 4.41. The van der Waals surface area contributed by atoms with E-state index in [1.54, 1.807) is 0 Å². The fourth-order valence-corrected chi connectivity index (χ4v) is 3.49. The Balaban J connectivity index is 2.09. The number of amides is 1. The van der Waals surface area contributed by atoms with E-state index in [0.717, 1.165) is 42.4 Å². The standard InChI is InChI=1S/C24H22F7N3O4/c1-34(17-4-2-16(25)3-5-17)21(35)38-20-18(8-15(23(26,27)28)9-19(20)24(29,30)31)14(10-32)11-33-12-22(36)6-7-37-13-22/h2-5,8-11,36H,6-7,12-13,32H2,1H3/b14-10+,33-11?. The lowest BCUT2D eigenvalue weighted by molar-refractivity contribution is -0.143. The minimum Gasteiger partial charge on any atom is -0.409 e. The van der Waals surface area contributed by atoms with Crippen LogP contribution in [-0.2, 0) is 17.1 Å². The second-order valence-electron chi connectivity index (χ2n) is 8.42. The maximum absolute atomic E-state index is 13.9. The fraction of sp³-hybridized carbons (Fsp3) is 0.333. The van der Waals surface area contributed by atoms with Crippen molar-refractivity contribution in [2.24, 2.45) is 10.7 Å². The molecule has 1 unspecified atom stereocenters. The molecule has 3 rings (SSSR count). The van der Waals surface area contributed by atoms with Gasteiger partial charge in [0.15, 0.2) is 5.75 Å². The number of halogens is 7. The molecule has 0 aromatic heterocycles. The zero-order chi connectivity index (χ0) is 28.3. The molecule has 1 fully saturated rings. The van der Waals surface area contributed by atoms with E-state index in [2.05, 4.69) is 4.99 Å². The number of hydrogen-bond donors (Lipinski definition) is 2. The third kappa shape index (κ3) is 6.81. The number of ether oxygens (including phenoxy) is 2. The van der Waals surface area contributed by atoms with E-state index < -0.39 is 57.9 Å². The number of rotatable bonds is 6. The first-order valence-electron chi connectivity index (χ1n) is 10.9. The van der Waals surface area contributed by atoms with Crippen LogP contribution in [0.4, 0.5) is 41.2 Å². The molecule has 206 valence electrons. The Morgan fingerprint density at radius 3 is 2.37 bits per heavy atom. The zero-order valence-electron chi connectivity index (χ0n) is 19.7. The van der Waals surface area contributed by atoms with Crippen molar-refractivity contribution < 1.29 is 50.1 Å². The summed E-state index contributed by atoms with van der Waals surface area (Å²) < 4.78 is 106. The highest BCUT2D eigenvalue weighted by Crippen LogP contribution is 2.44. The van der Waals surface area contributed by atoms with Crippen LogP contribution in [0.2, 0.25) is 0 Å². The van der Waals surface area contributed by atoms with Crippen LogP contribution >= 0.6 is 0 Å². The van der Waals surface area contributed by atoms with Crippen LogP contribution < -0.4 is 15.4 Å². The lowest BCUT2D eigenvalue weighted by Crippen LogP contribution is -2.32. The van der Waals surface area contributed by atoms with Crippen molar-refractivity contribution in [2.75, 3.05) is 31.7 Å². The van der Waals surface area contributed by atoms with Crippen LogP contribution in [-0.4, -0.2) is 49.8 Å². The first-order valence-corrected chi connectivity index (χ1v) is 10.9. The van der Waals surface area contributed by atoms with Crippen molar-refractivity contribution >= 4 is 23.6 Å². The van der Waals surface area contributed by atoms with E-state index in [-0.39, 0.29) is 37.9 Å². The Bertz CT molecular complexity index is 1220. The van der Waals surface area contributed by atoms with Gasteiger partial charge in [0.25, 0.3) is 0 Å². The van der Waals surface area contributed by atoms with Gasteiger partial charge in [-0.3, -0.25) is 9.89 Å². The fourth-order valence-electron chi connectivity index (χ4n) is 3.49. The average Bonchev–Trinajstić information content (AvgIpc) is 3.27. The summed E-state index contributed by atoms with van der Waals surface area (Å²) in [7, 11) is 1.11. The number of carbonyl (C=O) groups is 1. The molecular formula is C24H22F7N3O4. The molecule has 38 heavy (non-hydrogen) atoms. The Kier molecular flexibility index (Phi) is 8.36. The molecule has 1 heterocycles. The Hall–Kier alpha value is -3.65. The number of carbonyl (C=O) groups excluding carboxylic acids is 1. The quantitative estimate of drug-likeness (QED) is 0.390. The summed E-state index contributed by atoms with van der Waals surface area (Å²) in [5, 5.41) is 10.3. The maximum atomic E-state index is 13.9. The van der Waals surface area contributed by atoms with E-state index in [9.17, 15) is 40.6 Å². The van der Waals surface area contributed by atoms with Gasteiger partial charge >= 0.3 is 18.4 Å². The summed E-state index contributed by atoms with van der Waals surface area (Å²) >= 11 is 0. The van der Waals surface area contributed by atoms with Gasteiger partial charge in [0, 0.05) is 49.3 Å². The predicted molar refractivity (Wildman–Crippen MR) is 123 cm³/mol. The van der Waals surface area contributed by atoms with Crippen molar-refractivity contribution in [2.45, 2.75) is 24.4 Å². The molecule has 2 aromatic carbocycles. The summed E-state index contributed by atoms with van der Waals surface area (Å²) in [6.45, 7) is -0.0971. The molecular weight excluding hydrogens is 527 g/mol. The molecule has 0 spiro atoms. The zero-order valence-corrected chi connectivity index (χ0v) is 19.7. The van der Waals surface area contributed by atoms with Gasteiger partial charge < -0.3 is 20.3 Å². The molecule has 1 saturated heterocycles. The van der Waals surface area contributed by atoms with Gasteiger partial charge in [-0.25, -0.2) is 9.18 Å². The van der Waals surface area contributed by atoms with Gasteiger partial charge in [0.2, 0.25) is 0 Å². The van der Waals surface area contributed by atoms with Gasteiger partial charge in [-0.15, -0.1) is 0 Å². The van der Waals surface area contributed by atoms with Crippen LogP contribution in [0.3, 0.4) is 0 Å². The number of hydrogen-bond acceptors (Lipinski definition) is 6.